The van der Waals surface area contributed by atoms with E-state index in [0.717, 1.165) is 21.4 Å². The van der Waals surface area contributed by atoms with Crippen molar-refractivity contribution in [2.24, 2.45) is 11.8 Å². The van der Waals surface area contributed by atoms with Crippen molar-refractivity contribution in [3.05, 3.63) is 35.5 Å². The Morgan fingerprint density at radius 3 is 2.47 bits per heavy atom. The highest BCUT2D eigenvalue weighted by Gasteiger charge is 2.60. The van der Waals surface area contributed by atoms with Gasteiger partial charge in [0.15, 0.2) is 5.54 Å². The molecule has 3 N–H and O–H groups in total. The largest absolute Gasteiger partial charge is 0.480 e. The van der Waals surface area contributed by atoms with Gasteiger partial charge in [0.25, 0.3) is 5.91 Å². The van der Waals surface area contributed by atoms with Gasteiger partial charge in [-0.15, -0.1) is 0 Å². The molecule has 4 amide bonds. The predicted octanol–water partition coefficient (Wildman–Crippen LogP) is 2.84. The molecule has 1 saturated heterocycles. The third-order valence-electron chi connectivity index (χ3n) is 7.04. The van der Waals surface area contributed by atoms with Gasteiger partial charge < -0.3 is 20.3 Å². The lowest BCUT2D eigenvalue weighted by Gasteiger charge is -2.36. The van der Waals surface area contributed by atoms with Gasteiger partial charge in [-0.25, -0.2) is 14.5 Å². The Labute approximate surface area is 198 Å². The summed E-state index contributed by atoms with van der Waals surface area (Å²) in [5.74, 6) is -2.62. The van der Waals surface area contributed by atoms with Crippen LogP contribution >= 0.6 is 0 Å². The quantitative estimate of drug-likeness (QED) is 0.539. The number of aromatic nitrogens is 1. The summed E-state index contributed by atoms with van der Waals surface area (Å²) in [6.45, 7) is 9.26. The van der Waals surface area contributed by atoms with Crippen LogP contribution in [0.1, 0.15) is 52.3 Å². The van der Waals surface area contributed by atoms with Crippen molar-refractivity contribution < 1.29 is 24.3 Å². The molecule has 3 atom stereocenters. The number of rotatable bonds is 7. The number of para-hydroxylation sites is 1. The van der Waals surface area contributed by atoms with Gasteiger partial charge in [0, 0.05) is 17.4 Å². The highest BCUT2D eigenvalue weighted by atomic mass is 16.4. The van der Waals surface area contributed by atoms with E-state index in [9.17, 15) is 24.3 Å². The molecule has 0 spiro atoms. The van der Waals surface area contributed by atoms with Crippen LogP contribution in [0.5, 0.6) is 0 Å². The molecule has 0 bridgehead atoms. The predicted molar refractivity (Wildman–Crippen MR) is 126 cm³/mol. The number of urea groups is 1. The number of aromatic amines is 1. The third-order valence-corrected chi connectivity index (χ3v) is 7.04. The molecule has 2 aliphatic rings. The zero-order valence-corrected chi connectivity index (χ0v) is 20.2. The number of carboxylic acids is 1. The summed E-state index contributed by atoms with van der Waals surface area (Å²) >= 11 is 0. The van der Waals surface area contributed by atoms with Crippen LogP contribution in [0, 0.1) is 11.8 Å². The average molecular weight is 469 g/mol. The van der Waals surface area contributed by atoms with Crippen LogP contribution in [-0.4, -0.2) is 62.3 Å². The van der Waals surface area contributed by atoms with Gasteiger partial charge in [-0.2, -0.15) is 0 Å². The van der Waals surface area contributed by atoms with Crippen molar-refractivity contribution in [3.63, 3.8) is 0 Å². The van der Waals surface area contributed by atoms with Gasteiger partial charge in [0.2, 0.25) is 5.91 Å². The summed E-state index contributed by atoms with van der Waals surface area (Å²) in [6, 6.07) is 5.05. The van der Waals surface area contributed by atoms with E-state index in [0.29, 0.717) is 18.7 Å². The lowest BCUT2D eigenvalue weighted by molar-refractivity contribution is -0.145. The first kappa shape index (κ1) is 23.8. The van der Waals surface area contributed by atoms with E-state index in [2.05, 4.69) is 10.3 Å². The van der Waals surface area contributed by atoms with E-state index >= 15 is 0 Å². The first-order chi connectivity index (χ1) is 16.0. The zero-order valence-electron chi connectivity index (χ0n) is 20.2. The maximum absolute atomic E-state index is 13.9. The first-order valence-electron chi connectivity index (χ1n) is 11.8. The maximum Gasteiger partial charge on any atom is 0.328 e. The zero-order chi connectivity index (χ0) is 24.9. The van der Waals surface area contributed by atoms with Crippen molar-refractivity contribution >= 4 is 34.7 Å². The summed E-state index contributed by atoms with van der Waals surface area (Å²) in [4.78, 5) is 58.5. The van der Waals surface area contributed by atoms with Crippen LogP contribution < -0.4 is 5.32 Å². The minimum absolute atomic E-state index is 0.00671. The van der Waals surface area contributed by atoms with Crippen LogP contribution in [0.3, 0.4) is 0 Å². The molecule has 1 aromatic heterocycles. The highest BCUT2D eigenvalue weighted by Crippen LogP contribution is 2.45. The number of fused-ring (bicyclic) bond motifs is 5. The molecule has 2 aliphatic heterocycles. The number of carbonyl (C=O) groups excluding carboxylic acids is 3. The van der Waals surface area contributed by atoms with E-state index in [4.69, 9.17) is 0 Å². The summed E-state index contributed by atoms with van der Waals surface area (Å²) < 4.78 is 0. The number of benzene rings is 1. The third kappa shape index (κ3) is 3.54. The summed E-state index contributed by atoms with van der Waals surface area (Å²) in [5, 5.41) is 13.1. The van der Waals surface area contributed by atoms with Crippen molar-refractivity contribution in [3.8, 4) is 0 Å². The number of aliphatic carboxylic acids is 1. The van der Waals surface area contributed by atoms with E-state index in [1.54, 1.807) is 20.8 Å². The number of H-pyrrole nitrogens is 1. The molecule has 2 aromatic rings. The Balaban J connectivity index is 1.74. The van der Waals surface area contributed by atoms with Gasteiger partial charge in [0.05, 0.1) is 5.69 Å². The normalized spacial score (nSPS) is 21.7. The number of hydrogen-bond acceptors (Lipinski definition) is 4. The summed E-state index contributed by atoms with van der Waals surface area (Å²) in [7, 11) is 0. The van der Waals surface area contributed by atoms with Gasteiger partial charge in [-0.3, -0.25) is 9.59 Å². The van der Waals surface area contributed by atoms with Crippen LogP contribution in [0.4, 0.5) is 4.79 Å². The molecular formula is C25H32N4O5. The second-order valence-electron chi connectivity index (χ2n) is 10.2. The lowest BCUT2D eigenvalue weighted by Crippen LogP contribution is -2.55. The molecule has 0 radical (unpaired) electrons. The molecule has 4 rings (SSSR count). The number of carboxylic acid groups (broad SMARTS) is 1. The molecule has 9 heteroatoms. The SMILES string of the molecule is CC(C)C[C@@H](C(=O)N[C@H](C(=O)O)C(C)C)N1C(=O)N2CCc3c([nH]c4ccccc34)[C@@]2(C)C1=O. The average Bonchev–Trinajstić information content (AvgIpc) is 3.24. The lowest BCUT2D eigenvalue weighted by atomic mass is 9.86. The number of carbonyl (C=O) groups is 4. The number of imide groups is 1. The Bertz CT molecular complexity index is 1170. The van der Waals surface area contributed by atoms with Crippen molar-refractivity contribution in [2.75, 3.05) is 6.54 Å². The molecule has 0 aliphatic carbocycles. The minimum Gasteiger partial charge on any atom is -0.480 e. The van der Waals surface area contributed by atoms with Crippen LogP contribution in [0.25, 0.3) is 10.9 Å². The van der Waals surface area contributed by atoms with Gasteiger partial charge >= 0.3 is 12.0 Å². The summed E-state index contributed by atoms with van der Waals surface area (Å²) in [5.41, 5.74) is 1.32. The van der Waals surface area contributed by atoms with Crippen molar-refractivity contribution in [2.45, 2.75) is 65.1 Å². The molecule has 182 valence electrons. The maximum atomic E-state index is 13.9. The molecule has 1 fully saturated rings. The van der Waals surface area contributed by atoms with Crippen molar-refractivity contribution in [1.29, 1.82) is 0 Å². The van der Waals surface area contributed by atoms with Gasteiger partial charge in [-0.05, 0) is 43.2 Å². The fraction of sp³-hybridized carbons (Fsp3) is 0.520. The Morgan fingerprint density at radius 2 is 1.85 bits per heavy atom. The topological polar surface area (TPSA) is 123 Å². The number of nitrogens with one attached hydrogen (secondary N) is 2. The van der Waals surface area contributed by atoms with E-state index in [1.807, 2.05) is 38.1 Å². The van der Waals surface area contributed by atoms with Crippen LogP contribution in [-0.2, 0) is 26.3 Å². The molecule has 3 heterocycles. The van der Waals surface area contributed by atoms with Crippen LogP contribution in [0.15, 0.2) is 24.3 Å². The fourth-order valence-corrected chi connectivity index (χ4v) is 5.23. The molecule has 1 aromatic carbocycles. The first-order valence-corrected chi connectivity index (χ1v) is 11.8. The highest BCUT2D eigenvalue weighted by molar-refractivity contribution is 6.11. The number of hydrogen-bond donors (Lipinski definition) is 3. The molecule has 9 nitrogen and oxygen atoms in total. The second kappa shape index (κ2) is 8.45. The molecule has 34 heavy (non-hydrogen) atoms. The van der Waals surface area contributed by atoms with Crippen LogP contribution in [0.2, 0.25) is 0 Å². The molecule has 0 unspecified atom stereocenters. The second-order valence-corrected chi connectivity index (χ2v) is 10.2. The minimum atomic E-state index is -1.26. The Morgan fingerprint density at radius 1 is 1.18 bits per heavy atom. The number of amides is 4. The molecule has 0 saturated carbocycles. The summed E-state index contributed by atoms with van der Waals surface area (Å²) in [6.07, 6.45) is 0.828. The van der Waals surface area contributed by atoms with Crippen molar-refractivity contribution in [1.82, 2.24) is 20.1 Å². The Hall–Kier alpha value is -3.36. The molecular weight excluding hydrogens is 436 g/mol. The standard InChI is InChI=1S/C25H32N4O5/c1-13(2)12-18(21(30)27-19(14(3)4)22(31)32)29-23(33)25(5)20-16(10-11-28(25)24(29)34)15-8-6-7-9-17(15)26-20/h6-9,13-14,18-19,26H,10-12H2,1-5H3,(H,27,30)(H,31,32)/t18-,19-,25-/m0/s1. The smallest absolute Gasteiger partial charge is 0.328 e. The van der Waals surface area contributed by atoms with E-state index in [-0.39, 0.29) is 18.3 Å². The van der Waals surface area contributed by atoms with E-state index < -0.39 is 41.4 Å². The fourth-order valence-electron chi connectivity index (χ4n) is 5.23. The monoisotopic (exact) mass is 468 g/mol. The van der Waals surface area contributed by atoms with Gasteiger partial charge in [-0.1, -0.05) is 45.9 Å². The Kier molecular flexibility index (Phi) is 5.91. The number of nitrogens with zero attached hydrogens (tertiary/aromatic N) is 2. The van der Waals surface area contributed by atoms with E-state index in [1.165, 1.54) is 4.90 Å². The van der Waals surface area contributed by atoms with Gasteiger partial charge in [0.1, 0.15) is 12.1 Å².